The predicted molar refractivity (Wildman–Crippen MR) is 57.5 cm³/mol. The van der Waals surface area contributed by atoms with Crippen LogP contribution in [0.2, 0.25) is 0 Å². The molecule has 15 heavy (non-hydrogen) atoms. The highest BCUT2D eigenvalue weighted by atomic mass is 19.1. The first-order valence-corrected chi connectivity index (χ1v) is 4.86. The number of carbonyl (C=O) groups is 1. The first-order chi connectivity index (χ1) is 7.26. The number of allylic oxidation sites excluding steroid dienone is 1. The van der Waals surface area contributed by atoms with Crippen molar-refractivity contribution in [3.8, 4) is 0 Å². The lowest BCUT2D eigenvalue weighted by molar-refractivity contribution is -0.115. The monoisotopic (exact) mass is 205 g/mol. The fourth-order valence-electron chi connectivity index (χ4n) is 1.90. The minimum Gasteiger partial charge on any atom is -0.325 e. The van der Waals surface area contributed by atoms with Crippen molar-refractivity contribution in [2.75, 3.05) is 5.32 Å². The van der Waals surface area contributed by atoms with Crippen LogP contribution >= 0.6 is 0 Å². The van der Waals surface area contributed by atoms with E-state index in [2.05, 4.69) is 11.9 Å². The van der Waals surface area contributed by atoms with E-state index >= 15 is 0 Å². The minimum atomic E-state index is -0.508. The van der Waals surface area contributed by atoms with Crippen LogP contribution in [-0.2, 0) is 24.3 Å². The molecule has 1 aromatic rings. The number of carbonyl (C=O) groups excluding carboxylic acids is 1. The number of benzene rings is 1. The van der Waals surface area contributed by atoms with Crippen LogP contribution in [0.4, 0.5) is 10.1 Å². The van der Waals surface area contributed by atoms with Crippen molar-refractivity contribution in [2.45, 2.75) is 19.5 Å². The van der Waals surface area contributed by atoms with Gasteiger partial charge in [-0.05, 0) is 23.1 Å². The zero-order chi connectivity index (χ0) is 10.8. The van der Waals surface area contributed by atoms with Gasteiger partial charge < -0.3 is 5.32 Å². The Bertz CT molecular complexity index is 426. The number of nitrogens with one attached hydrogen (secondary N) is 1. The number of amides is 1. The third-order valence-electron chi connectivity index (χ3n) is 2.60. The molecule has 2 nitrogen and oxygen atoms in total. The third-order valence-corrected chi connectivity index (χ3v) is 2.60. The molecule has 0 spiro atoms. The van der Waals surface area contributed by atoms with Crippen LogP contribution in [0.1, 0.15) is 16.7 Å². The number of hydrogen-bond acceptors (Lipinski definition) is 1. The summed E-state index contributed by atoms with van der Waals surface area (Å²) in [6.07, 6.45) is 2.70. The van der Waals surface area contributed by atoms with Crippen LogP contribution in [0, 0.1) is 0 Å². The molecule has 0 fully saturated rings. The molecule has 0 saturated carbocycles. The molecule has 1 N–H and O–H groups in total. The maximum atomic E-state index is 12.7. The summed E-state index contributed by atoms with van der Waals surface area (Å²) in [5.41, 5.74) is 3.23. The molecular weight excluding hydrogens is 193 g/mol. The van der Waals surface area contributed by atoms with Crippen LogP contribution < -0.4 is 5.32 Å². The summed E-state index contributed by atoms with van der Waals surface area (Å²) in [6.45, 7) is 3.13. The number of rotatable bonds is 3. The van der Waals surface area contributed by atoms with Crippen molar-refractivity contribution in [3.05, 3.63) is 41.5 Å². The molecule has 1 amide bonds. The summed E-state index contributed by atoms with van der Waals surface area (Å²) in [7, 11) is 0. The highest BCUT2D eigenvalue weighted by Gasteiger charge is 2.21. The SMILES string of the molecule is C=CCc1c(CF)ccc2c1NC(=O)C2. The zero-order valence-corrected chi connectivity index (χ0v) is 8.35. The molecule has 2 rings (SSSR count). The highest BCUT2D eigenvalue weighted by molar-refractivity contribution is 6.00. The Balaban J connectivity index is 2.52. The van der Waals surface area contributed by atoms with Crippen molar-refractivity contribution in [1.82, 2.24) is 0 Å². The van der Waals surface area contributed by atoms with E-state index in [0.717, 1.165) is 16.8 Å². The predicted octanol–water partition coefficient (Wildman–Crippen LogP) is 2.38. The first-order valence-electron chi connectivity index (χ1n) is 4.86. The quantitative estimate of drug-likeness (QED) is 0.754. The van der Waals surface area contributed by atoms with Gasteiger partial charge in [-0.15, -0.1) is 6.58 Å². The van der Waals surface area contributed by atoms with Crippen molar-refractivity contribution in [2.24, 2.45) is 0 Å². The summed E-state index contributed by atoms with van der Waals surface area (Å²) >= 11 is 0. The van der Waals surface area contributed by atoms with Gasteiger partial charge in [0, 0.05) is 5.69 Å². The molecule has 78 valence electrons. The average Bonchev–Trinajstić information content (AvgIpc) is 2.60. The van der Waals surface area contributed by atoms with Crippen LogP contribution in [0.5, 0.6) is 0 Å². The van der Waals surface area contributed by atoms with Gasteiger partial charge in [0.25, 0.3) is 0 Å². The van der Waals surface area contributed by atoms with E-state index < -0.39 is 6.67 Å². The van der Waals surface area contributed by atoms with Gasteiger partial charge in [-0.2, -0.15) is 0 Å². The van der Waals surface area contributed by atoms with E-state index in [0.29, 0.717) is 18.4 Å². The van der Waals surface area contributed by atoms with Gasteiger partial charge in [0.15, 0.2) is 0 Å². The Hall–Kier alpha value is -1.64. The molecule has 0 unspecified atom stereocenters. The molecule has 1 aromatic carbocycles. The van der Waals surface area contributed by atoms with Crippen LogP contribution in [0.15, 0.2) is 24.8 Å². The summed E-state index contributed by atoms with van der Waals surface area (Å²) in [5.74, 6) is -0.0219. The van der Waals surface area contributed by atoms with E-state index in [4.69, 9.17) is 0 Å². The van der Waals surface area contributed by atoms with Gasteiger partial charge in [0.2, 0.25) is 5.91 Å². The van der Waals surface area contributed by atoms with E-state index in [1.807, 2.05) is 6.07 Å². The van der Waals surface area contributed by atoms with Crippen molar-refractivity contribution in [3.63, 3.8) is 0 Å². The second kappa shape index (κ2) is 3.85. The highest BCUT2D eigenvalue weighted by Crippen LogP contribution is 2.30. The Kier molecular flexibility index (Phi) is 2.54. The van der Waals surface area contributed by atoms with E-state index in [1.54, 1.807) is 12.1 Å². The second-order valence-corrected chi connectivity index (χ2v) is 3.59. The average molecular weight is 205 g/mol. The summed E-state index contributed by atoms with van der Waals surface area (Å²) in [6, 6.07) is 3.56. The lowest BCUT2D eigenvalue weighted by Crippen LogP contribution is -2.05. The number of anilines is 1. The molecule has 0 aromatic heterocycles. The molecular formula is C12H12FNO. The summed E-state index contributed by atoms with van der Waals surface area (Å²) in [5, 5.41) is 2.77. The molecule has 1 aliphatic heterocycles. The Morgan fingerprint density at radius 2 is 2.33 bits per heavy atom. The van der Waals surface area contributed by atoms with Crippen LogP contribution in [-0.4, -0.2) is 5.91 Å². The number of hydrogen-bond donors (Lipinski definition) is 1. The maximum absolute atomic E-state index is 12.7. The Morgan fingerprint density at radius 1 is 1.53 bits per heavy atom. The smallest absolute Gasteiger partial charge is 0.228 e. The van der Waals surface area contributed by atoms with Crippen molar-refractivity contribution in [1.29, 1.82) is 0 Å². The lowest BCUT2D eigenvalue weighted by Gasteiger charge is -2.10. The Morgan fingerprint density at radius 3 is 3.00 bits per heavy atom. The first kappa shape index (κ1) is 9.90. The molecule has 0 bridgehead atoms. The van der Waals surface area contributed by atoms with Gasteiger partial charge in [-0.3, -0.25) is 4.79 Å². The fourth-order valence-corrected chi connectivity index (χ4v) is 1.90. The van der Waals surface area contributed by atoms with Gasteiger partial charge in [0.05, 0.1) is 6.42 Å². The molecule has 0 atom stereocenters. The van der Waals surface area contributed by atoms with E-state index in [-0.39, 0.29) is 5.91 Å². The second-order valence-electron chi connectivity index (χ2n) is 3.59. The van der Waals surface area contributed by atoms with E-state index in [9.17, 15) is 9.18 Å². The number of halogens is 1. The molecule has 0 aliphatic carbocycles. The van der Waals surface area contributed by atoms with E-state index in [1.165, 1.54) is 0 Å². The molecule has 3 heteroatoms. The largest absolute Gasteiger partial charge is 0.325 e. The lowest BCUT2D eigenvalue weighted by atomic mass is 9.99. The van der Waals surface area contributed by atoms with Gasteiger partial charge in [0.1, 0.15) is 6.67 Å². The number of alkyl halides is 1. The maximum Gasteiger partial charge on any atom is 0.228 e. The summed E-state index contributed by atoms with van der Waals surface area (Å²) < 4.78 is 12.7. The van der Waals surface area contributed by atoms with Crippen LogP contribution in [0.3, 0.4) is 0 Å². The van der Waals surface area contributed by atoms with Crippen molar-refractivity contribution < 1.29 is 9.18 Å². The number of fused-ring (bicyclic) bond motifs is 1. The van der Waals surface area contributed by atoms with Gasteiger partial charge >= 0.3 is 0 Å². The zero-order valence-electron chi connectivity index (χ0n) is 8.35. The normalized spacial score (nSPS) is 13.5. The van der Waals surface area contributed by atoms with Crippen LogP contribution in [0.25, 0.3) is 0 Å². The third kappa shape index (κ3) is 1.65. The van der Waals surface area contributed by atoms with Gasteiger partial charge in [-0.1, -0.05) is 18.2 Å². The standard InChI is InChI=1S/C12H12FNO/c1-2-3-10-9(7-13)5-4-8-6-11(15)14-12(8)10/h2,4-5H,1,3,6-7H2,(H,14,15). The molecule has 1 aliphatic rings. The Labute approximate surface area is 87.8 Å². The molecule has 0 radical (unpaired) electrons. The topological polar surface area (TPSA) is 29.1 Å². The fraction of sp³-hybridized carbons (Fsp3) is 0.250. The molecule has 0 saturated heterocycles. The van der Waals surface area contributed by atoms with Gasteiger partial charge in [-0.25, -0.2) is 4.39 Å². The van der Waals surface area contributed by atoms with Crippen molar-refractivity contribution >= 4 is 11.6 Å². The minimum absolute atomic E-state index is 0.0219. The summed E-state index contributed by atoms with van der Waals surface area (Å²) in [4.78, 5) is 11.2. The molecule has 1 heterocycles.